The van der Waals surface area contributed by atoms with Crippen LogP contribution in [0.15, 0.2) is 35.4 Å². The Kier molecular flexibility index (Phi) is 5.96. The maximum Gasteiger partial charge on any atom is 0.270 e. The van der Waals surface area contributed by atoms with E-state index in [2.05, 4.69) is 17.9 Å². The van der Waals surface area contributed by atoms with Gasteiger partial charge >= 0.3 is 0 Å². The van der Waals surface area contributed by atoms with Gasteiger partial charge in [0.05, 0.1) is 0 Å². The number of nitrogens with two attached hydrogens (primary N) is 1. The number of rotatable bonds is 4. The molecule has 1 amide bonds. The summed E-state index contributed by atoms with van der Waals surface area (Å²) in [6.07, 6.45) is 1.85. The number of halogens is 1. The van der Waals surface area contributed by atoms with Gasteiger partial charge < -0.3 is 16.0 Å². The highest BCUT2D eigenvalue weighted by Crippen LogP contribution is 2.19. The number of amides is 1. The number of hydrogen-bond acceptors (Lipinski definition) is 4. The third-order valence-electron chi connectivity index (χ3n) is 3.64. The van der Waals surface area contributed by atoms with E-state index >= 15 is 0 Å². The van der Waals surface area contributed by atoms with Crippen LogP contribution in [0, 0.1) is 0 Å². The lowest BCUT2D eigenvalue weighted by atomic mass is 10.0. The zero-order valence-electron chi connectivity index (χ0n) is 11.8. The van der Waals surface area contributed by atoms with Gasteiger partial charge in [0.2, 0.25) is 0 Å². The molecule has 0 bridgehead atoms. The average molecular weight is 326 g/mol. The lowest BCUT2D eigenvalue weighted by Gasteiger charge is -2.35. The molecule has 1 aromatic rings. The summed E-state index contributed by atoms with van der Waals surface area (Å²) in [7, 11) is 0. The Balaban J connectivity index is 2.20. The van der Waals surface area contributed by atoms with Gasteiger partial charge in [0, 0.05) is 17.6 Å². The monoisotopic (exact) mass is 325 g/mol. The number of thiol groups is 1. The van der Waals surface area contributed by atoms with Crippen LogP contribution in [0.2, 0.25) is 5.02 Å². The van der Waals surface area contributed by atoms with Crippen molar-refractivity contribution >= 4 is 30.1 Å². The fourth-order valence-corrected chi connectivity index (χ4v) is 2.86. The van der Waals surface area contributed by atoms with E-state index < -0.39 is 0 Å². The van der Waals surface area contributed by atoms with Gasteiger partial charge in [0.1, 0.15) is 5.70 Å². The van der Waals surface area contributed by atoms with Crippen molar-refractivity contribution in [2.75, 3.05) is 13.1 Å². The van der Waals surface area contributed by atoms with Crippen molar-refractivity contribution in [1.82, 2.24) is 10.2 Å². The lowest BCUT2D eigenvalue weighted by molar-refractivity contribution is -0.130. The summed E-state index contributed by atoms with van der Waals surface area (Å²) in [6, 6.07) is 7.74. The number of benzene rings is 1. The van der Waals surface area contributed by atoms with Crippen molar-refractivity contribution in [2.45, 2.75) is 25.4 Å². The van der Waals surface area contributed by atoms with Crippen LogP contribution in [-0.4, -0.2) is 29.9 Å². The van der Waals surface area contributed by atoms with Gasteiger partial charge in [-0.2, -0.15) is 0 Å². The van der Waals surface area contributed by atoms with Crippen LogP contribution in [0.25, 0.3) is 0 Å². The van der Waals surface area contributed by atoms with Crippen molar-refractivity contribution < 1.29 is 4.79 Å². The van der Waals surface area contributed by atoms with Crippen molar-refractivity contribution in [3.05, 3.63) is 46.0 Å². The number of hydrogen-bond donors (Lipinski definition) is 3. The highest BCUT2D eigenvalue weighted by molar-refractivity contribution is 7.83. The van der Waals surface area contributed by atoms with Crippen LogP contribution in [0.1, 0.15) is 18.4 Å². The summed E-state index contributed by atoms with van der Waals surface area (Å²) in [6.45, 7) is 2.33. The molecule has 0 saturated carbocycles. The Hall–Kier alpha value is -1.17. The molecule has 3 N–H and O–H groups in total. The third-order valence-corrected chi connectivity index (χ3v) is 4.15. The Morgan fingerprint density at radius 1 is 1.48 bits per heavy atom. The second kappa shape index (κ2) is 7.73. The number of carbonyl (C=O) groups excluding carboxylic acids is 1. The topological polar surface area (TPSA) is 58.4 Å². The zero-order chi connectivity index (χ0) is 15.2. The highest BCUT2D eigenvalue weighted by Gasteiger charge is 2.26. The highest BCUT2D eigenvalue weighted by atomic mass is 35.5. The van der Waals surface area contributed by atoms with Crippen LogP contribution in [0.3, 0.4) is 0 Å². The molecule has 0 radical (unpaired) electrons. The first-order valence-corrected chi connectivity index (χ1v) is 7.87. The summed E-state index contributed by atoms with van der Waals surface area (Å²) in [5, 5.41) is 5.33. The average Bonchev–Trinajstić information content (AvgIpc) is 2.52. The molecule has 1 fully saturated rings. The summed E-state index contributed by atoms with van der Waals surface area (Å²) in [5.74, 6) is -0.170. The molecule has 0 spiro atoms. The molecule has 1 heterocycles. The van der Waals surface area contributed by atoms with Gasteiger partial charge in [-0.15, -0.1) is 12.6 Å². The summed E-state index contributed by atoms with van der Waals surface area (Å²) in [4.78, 5) is 14.3. The SMILES string of the molecule is N/C(=C\S)C(=O)N(Cc1cccc(Cl)c1)C1CCNCC1. The fraction of sp³-hybridized carbons (Fsp3) is 0.400. The van der Waals surface area contributed by atoms with E-state index in [9.17, 15) is 4.79 Å². The van der Waals surface area contributed by atoms with E-state index in [1.165, 1.54) is 5.41 Å². The smallest absolute Gasteiger partial charge is 0.270 e. The van der Waals surface area contributed by atoms with Gasteiger partial charge in [0.25, 0.3) is 5.91 Å². The molecule has 0 atom stereocenters. The van der Waals surface area contributed by atoms with E-state index in [4.69, 9.17) is 17.3 Å². The van der Waals surface area contributed by atoms with Gasteiger partial charge in [-0.25, -0.2) is 0 Å². The summed E-state index contributed by atoms with van der Waals surface area (Å²) < 4.78 is 0. The van der Waals surface area contributed by atoms with E-state index in [1.54, 1.807) is 0 Å². The normalized spacial score (nSPS) is 16.8. The maximum atomic E-state index is 12.5. The Labute approximate surface area is 135 Å². The van der Waals surface area contributed by atoms with Crippen LogP contribution >= 0.6 is 24.2 Å². The molecule has 1 aliphatic heterocycles. The molecule has 4 nitrogen and oxygen atoms in total. The molecular weight excluding hydrogens is 306 g/mol. The van der Waals surface area contributed by atoms with E-state index in [0.717, 1.165) is 31.5 Å². The van der Waals surface area contributed by atoms with Gasteiger partial charge in [-0.05, 0) is 49.0 Å². The molecule has 21 heavy (non-hydrogen) atoms. The number of nitrogens with one attached hydrogen (secondary N) is 1. The van der Waals surface area contributed by atoms with Gasteiger partial charge in [0.15, 0.2) is 0 Å². The maximum absolute atomic E-state index is 12.5. The standard InChI is InChI=1S/C15H20ClN3OS/c16-12-3-1-2-11(8-12)9-19(15(20)14(17)10-21)13-4-6-18-7-5-13/h1-3,8,10,13,18,21H,4-7,9,17H2/b14-10-. The zero-order valence-corrected chi connectivity index (χ0v) is 13.4. The molecule has 114 valence electrons. The molecule has 1 saturated heterocycles. The Morgan fingerprint density at radius 2 is 2.19 bits per heavy atom. The predicted molar refractivity (Wildman–Crippen MR) is 89.2 cm³/mol. The lowest BCUT2D eigenvalue weighted by Crippen LogP contribution is -2.47. The summed E-state index contributed by atoms with van der Waals surface area (Å²) in [5.41, 5.74) is 6.93. The van der Waals surface area contributed by atoms with E-state index in [-0.39, 0.29) is 17.6 Å². The number of piperidine rings is 1. The van der Waals surface area contributed by atoms with Crippen molar-refractivity contribution in [2.24, 2.45) is 5.73 Å². The first-order valence-electron chi connectivity index (χ1n) is 6.98. The largest absolute Gasteiger partial charge is 0.394 e. The molecule has 0 aromatic heterocycles. The van der Waals surface area contributed by atoms with Gasteiger partial charge in [-0.1, -0.05) is 23.7 Å². The van der Waals surface area contributed by atoms with E-state index in [1.807, 2.05) is 29.2 Å². The van der Waals surface area contributed by atoms with E-state index in [0.29, 0.717) is 11.6 Å². The van der Waals surface area contributed by atoms with Crippen LogP contribution in [-0.2, 0) is 11.3 Å². The van der Waals surface area contributed by atoms with Gasteiger partial charge in [-0.3, -0.25) is 4.79 Å². The minimum atomic E-state index is -0.170. The Bertz CT molecular complexity index is 529. The molecule has 0 aliphatic carbocycles. The number of carbonyl (C=O) groups is 1. The molecular formula is C15H20ClN3OS. The molecule has 1 aliphatic rings. The van der Waals surface area contributed by atoms with Crippen LogP contribution in [0.5, 0.6) is 0 Å². The van der Waals surface area contributed by atoms with Crippen molar-refractivity contribution in [1.29, 1.82) is 0 Å². The molecule has 0 unspecified atom stereocenters. The molecule has 1 aromatic carbocycles. The third kappa shape index (κ3) is 4.40. The molecule has 6 heteroatoms. The minimum Gasteiger partial charge on any atom is -0.394 e. The first kappa shape index (κ1) is 16.2. The first-order chi connectivity index (χ1) is 10.1. The quantitative estimate of drug-likeness (QED) is 0.587. The fourth-order valence-electron chi connectivity index (χ4n) is 2.54. The Morgan fingerprint density at radius 3 is 2.81 bits per heavy atom. The van der Waals surface area contributed by atoms with Crippen molar-refractivity contribution in [3.63, 3.8) is 0 Å². The van der Waals surface area contributed by atoms with Crippen molar-refractivity contribution in [3.8, 4) is 0 Å². The molecule has 2 rings (SSSR count). The minimum absolute atomic E-state index is 0.166. The van der Waals surface area contributed by atoms with Crippen LogP contribution < -0.4 is 11.1 Å². The summed E-state index contributed by atoms with van der Waals surface area (Å²) >= 11 is 10.0. The second-order valence-electron chi connectivity index (χ2n) is 5.13. The number of nitrogens with zero attached hydrogens (tertiary/aromatic N) is 1. The van der Waals surface area contributed by atoms with Crippen LogP contribution in [0.4, 0.5) is 0 Å². The second-order valence-corrected chi connectivity index (χ2v) is 5.82. The predicted octanol–water partition coefficient (Wildman–Crippen LogP) is 2.15.